The molecule has 2 N–H and O–H groups in total. The summed E-state index contributed by atoms with van der Waals surface area (Å²) in [4.78, 5) is 25.2. The molecule has 132 valence electrons. The molecule has 2 fully saturated rings. The minimum absolute atomic E-state index is 0.265. The molecule has 0 aliphatic carbocycles. The third-order valence-corrected chi connectivity index (χ3v) is 6.47. The molecule has 10 heteroatoms. The topological polar surface area (TPSA) is 95.2 Å². The molecule has 0 unspecified atom stereocenters. The molecule has 8 nitrogen and oxygen atoms in total. The predicted octanol–water partition coefficient (Wildman–Crippen LogP) is -1.68. The highest BCUT2D eigenvalue weighted by Crippen LogP contribution is 2.46. The van der Waals surface area contributed by atoms with E-state index in [9.17, 15) is 20.2 Å². The lowest BCUT2D eigenvalue weighted by Crippen LogP contribution is -3.29. The Morgan fingerprint density at radius 1 is 0.870 bits per heavy atom. The first-order valence-electron chi connectivity index (χ1n) is 7.75. The number of nitrogens with one attached hydrogen (secondary N) is 2. The first-order valence-corrected chi connectivity index (χ1v) is 8.82. The molecule has 2 rings (SSSR count). The highest BCUT2D eigenvalue weighted by atomic mass is 35.5. The van der Waals surface area contributed by atoms with Crippen molar-refractivity contribution in [3.05, 3.63) is 20.2 Å². The van der Waals surface area contributed by atoms with Crippen molar-refractivity contribution >= 4 is 23.2 Å². The number of hydrogen-bond donors (Lipinski definition) is 2. The summed E-state index contributed by atoms with van der Waals surface area (Å²) in [5, 5.41) is 24.1. The van der Waals surface area contributed by atoms with Gasteiger partial charge in [0, 0.05) is 9.85 Å². The lowest BCUT2D eigenvalue weighted by atomic mass is 9.55. The third kappa shape index (κ3) is 2.59. The fraction of sp³-hybridized carbons (Fsp3) is 1.00. The summed E-state index contributed by atoms with van der Waals surface area (Å²) in [7, 11) is 0. The number of fused-ring (bicyclic) bond motifs is 2. The molecule has 0 atom stereocenters. The first kappa shape index (κ1) is 18.6. The number of quaternary nitrogens is 2. The van der Waals surface area contributed by atoms with Gasteiger partial charge in [0.25, 0.3) is 0 Å². The minimum atomic E-state index is -1.35. The van der Waals surface area contributed by atoms with Gasteiger partial charge in [-0.3, -0.25) is 20.2 Å². The Kier molecular flexibility index (Phi) is 5.11. The summed E-state index contributed by atoms with van der Waals surface area (Å²) in [6.45, 7) is 5.42. The Morgan fingerprint density at radius 3 is 1.39 bits per heavy atom. The van der Waals surface area contributed by atoms with Crippen LogP contribution in [0.4, 0.5) is 0 Å². The third-order valence-electron chi connectivity index (χ3n) is 6.09. The van der Waals surface area contributed by atoms with E-state index in [1.54, 1.807) is 13.8 Å². The maximum atomic E-state index is 12.1. The number of halogens is 2. The molecule has 0 aromatic carbocycles. The number of hydrogen-bond acceptors (Lipinski definition) is 4. The molecule has 2 aliphatic rings. The van der Waals surface area contributed by atoms with E-state index in [2.05, 4.69) is 0 Å². The molecule has 0 saturated carbocycles. The first-order chi connectivity index (χ1) is 10.7. The van der Waals surface area contributed by atoms with Gasteiger partial charge < -0.3 is 9.80 Å². The Balaban J connectivity index is 2.57. The van der Waals surface area contributed by atoms with Crippen LogP contribution in [0.5, 0.6) is 0 Å². The molecule has 0 amide bonds. The van der Waals surface area contributed by atoms with Gasteiger partial charge in [0.2, 0.25) is 0 Å². The molecular weight excluding hydrogens is 347 g/mol. The molecule has 23 heavy (non-hydrogen) atoms. The van der Waals surface area contributed by atoms with E-state index in [4.69, 9.17) is 23.2 Å². The zero-order chi connectivity index (χ0) is 17.5. The number of rotatable bonds is 6. The van der Waals surface area contributed by atoms with Gasteiger partial charge in [-0.05, 0) is 13.8 Å². The smallest absolute Gasteiger partial charge is 0.322 e. The van der Waals surface area contributed by atoms with E-state index in [-0.39, 0.29) is 36.0 Å². The standard InChI is InChI=1S/C13H22Cl2N4O4/c1-11(2)12(18(20)21)7-16(5-3-14)8-13(11,19(22)23)10-17(9-12)6-4-15/h3-10H2,1-2H3/p+2. The van der Waals surface area contributed by atoms with Gasteiger partial charge in [0.15, 0.2) is 26.2 Å². The van der Waals surface area contributed by atoms with Crippen LogP contribution >= 0.6 is 23.2 Å². The van der Waals surface area contributed by atoms with E-state index in [0.29, 0.717) is 24.8 Å². The number of nitro groups is 2. The summed E-state index contributed by atoms with van der Waals surface area (Å²) < 4.78 is 0. The zero-order valence-electron chi connectivity index (χ0n) is 13.4. The summed E-state index contributed by atoms with van der Waals surface area (Å²) in [5.74, 6) is 0.658. The van der Waals surface area contributed by atoms with Crippen LogP contribution in [-0.2, 0) is 0 Å². The van der Waals surface area contributed by atoms with Crippen molar-refractivity contribution in [1.82, 2.24) is 0 Å². The predicted molar refractivity (Wildman–Crippen MR) is 85.8 cm³/mol. The van der Waals surface area contributed by atoms with E-state index < -0.39 is 16.5 Å². The van der Waals surface area contributed by atoms with Crippen molar-refractivity contribution in [2.75, 3.05) is 51.0 Å². The monoisotopic (exact) mass is 370 g/mol. The molecule has 2 bridgehead atoms. The Hall–Kier alpha value is -0.700. The van der Waals surface area contributed by atoms with Crippen molar-refractivity contribution in [2.45, 2.75) is 24.9 Å². The van der Waals surface area contributed by atoms with Crippen LogP contribution in [0.2, 0.25) is 0 Å². The SMILES string of the molecule is CC1(C)C2([N+](=O)[O-])C[NH+](CCCl)CC1([N+](=O)[O-])C[NH+](CCCl)C2. The van der Waals surface area contributed by atoms with Crippen LogP contribution in [0.15, 0.2) is 0 Å². The van der Waals surface area contributed by atoms with E-state index in [0.717, 1.165) is 9.80 Å². The fourth-order valence-electron chi connectivity index (χ4n) is 4.56. The van der Waals surface area contributed by atoms with Gasteiger partial charge in [-0.25, -0.2) is 0 Å². The average Bonchev–Trinajstić information content (AvgIpc) is 2.41. The number of alkyl halides is 2. The summed E-state index contributed by atoms with van der Waals surface area (Å²) in [5.41, 5.74) is -3.74. The van der Waals surface area contributed by atoms with Crippen LogP contribution in [0.25, 0.3) is 0 Å². The Labute approximate surface area is 145 Å². The van der Waals surface area contributed by atoms with Gasteiger partial charge in [-0.15, -0.1) is 23.2 Å². The van der Waals surface area contributed by atoms with Gasteiger partial charge in [0.05, 0.1) is 24.8 Å². The average molecular weight is 371 g/mol. The van der Waals surface area contributed by atoms with Crippen molar-refractivity contribution in [3.8, 4) is 0 Å². The van der Waals surface area contributed by atoms with Crippen molar-refractivity contribution in [1.29, 1.82) is 0 Å². The highest BCUT2D eigenvalue weighted by Gasteiger charge is 2.82. The van der Waals surface area contributed by atoms with Crippen LogP contribution < -0.4 is 9.80 Å². The lowest BCUT2D eigenvalue weighted by Gasteiger charge is -2.54. The maximum Gasteiger partial charge on any atom is 0.329 e. The molecule has 0 aromatic rings. The number of likely N-dealkylation sites (tertiary alicyclic amines) is 2. The second kappa shape index (κ2) is 6.31. The van der Waals surface area contributed by atoms with E-state index in [1.165, 1.54) is 0 Å². The van der Waals surface area contributed by atoms with E-state index >= 15 is 0 Å². The van der Waals surface area contributed by atoms with Crippen LogP contribution in [0.1, 0.15) is 13.8 Å². The molecule has 0 spiro atoms. The quantitative estimate of drug-likeness (QED) is 0.331. The molecule has 2 saturated heterocycles. The largest absolute Gasteiger partial charge is 0.329 e. The second-order valence-electron chi connectivity index (χ2n) is 7.29. The second-order valence-corrected chi connectivity index (χ2v) is 8.04. The van der Waals surface area contributed by atoms with Crippen LogP contribution in [-0.4, -0.2) is 72.0 Å². The lowest BCUT2D eigenvalue weighted by molar-refractivity contribution is -1.01. The zero-order valence-corrected chi connectivity index (χ0v) is 15.0. The summed E-state index contributed by atoms with van der Waals surface area (Å²) >= 11 is 11.6. The van der Waals surface area contributed by atoms with Crippen molar-refractivity contribution in [2.24, 2.45) is 5.41 Å². The Bertz CT molecular complexity index is 448. The number of nitrogens with zero attached hydrogens (tertiary/aromatic N) is 2. The van der Waals surface area contributed by atoms with Crippen LogP contribution in [0.3, 0.4) is 0 Å². The van der Waals surface area contributed by atoms with Crippen molar-refractivity contribution in [3.63, 3.8) is 0 Å². The van der Waals surface area contributed by atoms with Crippen LogP contribution in [0, 0.1) is 25.6 Å². The molecular formula is C13H24Cl2N4O4+2. The van der Waals surface area contributed by atoms with Gasteiger partial charge in [-0.2, -0.15) is 0 Å². The number of piperidine rings is 2. The summed E-state index contributed by atoms with van der Waals surface area (Å²) in [6, 6.07) is 0. The molecule has 2 heterocycles. The summed E-state index contributed by atoms with van der Waals surface area (Å²) in [6.07, 6.45) is 0. The highest BCUT2D eigenvalue weighted by molar-refractivity contribution is 6.18. The fourth-order valence-corrected chi connectivity index (χ4v) is 5.09. The van der Waals surface area contributed by atoms with E-state index in [1.807, 2.05) is 0 Å². The molecule has 2 aliphatic heterocycles. The normalized spacial score (nSPS) is 39.0. The molecule has 0 aromatic heterocycles. The van der Waals surface area contributed by atoms with Gasteiger partial charge in [0.1, 0.15) is 5.41 Å². The molecule has 0 radical (unpaired) electrons. The van der Waals surface area contributed by atoms with Gasteiger partial charge in [-0.1, -0.05) is 0 Å². The minimum Gasteiger partial charge on any atom is -0.322 e. The van der Waals surface area contributed by atoms with Gasteiger partial charge >= 0.3 is 11.1 Å². The maximum absolute atomic E-state index is 12.1. The van der Waals surface area contributed by atoms with Crippen molar-refractivity contribution < 1.29 is 19.6 Å². The Morgan fingerprint density at radius 2 is 1.17 bits per heavy atom.